The Hall–Kier alpha value is -0.910. The molecule has 1 atom stereocenters. The maximum Gasteiger partial charge on any atom is 0.346 e. The first-order chi connectivity index (χ1) is 8.72. The fourth-order valence-electron chi connectivity index (χ4n) is 2.62. The number of carboxylic acid groups (broad SMARTS) is 1. The van der Waals surface area contributed by atoms with Crippen molar-refractivity contribution < 1.29 is 15.0 Å². The number of rotatable bonds is 6. The van der Waals surface area contributed by atoms with Crippen molar-refractivity contribution in [2.24, 2.45) is 0 Å². The SMILES string of the molecule is O=C(O)c1sccc1CN1CCCC1CCCO. The molecule has 5 heteroatoms. The molecule has 2 rings (SSSR count). The zero-order valence-corrected chi connectivity index (χ0v) is 11.2. The van der Waals surface area contributed by atoms with Crippen LogP contribution in [-0.2, 0) is 6.54 Å². The van der Waals surface area contributed by atoms with E-state index in [0.29, 0.717) is 10.9 Å². The van der Waals surface area contributed by atoms with Gasteiger partial charge in [0, 0.05) is 19.2 Å². The number of thiophene rings is 1. The van der Waals surface area contributed by atoms with Crippen LogP contribution in [0.15, 0.2) is 11.4 Å². The summed E-state index contributed by atoms with van der Waals surface area (Å²) in [7, 11) is 0. The van der Waals surface area contributed by atoms with Crippen LogP contribution in [0.2, 0.25) is 0 Å². The summed E-state index contributed by atoms with van der Waals surface area (Å²) in [5, 5.41) is 19.8. The fourth-order valence-corrected chi connectivity index (χ4v) is 3.38. The van der Waals surface area contributed by atoms with Gasteiger partial charge in [-0.15, -0.1) is 11.3 Å². The van der Waals surface area contributed by atoms with E-state index < -0.39 is 5.97 Å². The van der Waals surface area contributed by atoms with Gasteiger partial charge in [-0.1, -0.05) is 0 Å². The number of hydrogen-bond acceptors (Lipinski definition) is 4. The molecule has 100 valence electrons. The number of hydrogen-bond donors (Lipinski definition) is 2. The summed E-state index contributed by atoms with van der Waals surface area (Å²) in [5.74, 6) is -0.828. The lowest BCUT2D eigenvalue weighted by atomic mass is 10.1. The molecule has 2 heterocycles. The molecule has 4 nitrogen and oxygen atoms in total. The van der Waals surface area contributed by atoms with Gasteiger partial charge in [0.25, 0.3) is 0 Å². The van der Waals surface area contributed by atoms with Crippen molar-refractivity contribution in [2.45, 2.75) is 38.3 Å². The Morgan fingerprint density at radius 3 is 3.11 bits per heavy atom. The second-order valence-electron chi connectivity index (χ2n) is 4.71. The molecular weight excluding hydrogens is 250 g/mol. The molecule has 1 aliphatic rings. The second kappa shape index (κ2) is 6.31. The number of aliphatic hydroxyl groups is 1. The molecule has 0 spiro atoms. The normalized spacial score (nSPS) is 20.4. The van der Waals surface area contributed by atoms with Crippen LogP contribution in [0.25, 0.3) is 0 Å². The first-order valence-electron chi connectivity index (χ1n) is 6.37. The molecule has 0 saturated carbocycles. The fraction of sp³-hybridized carbons (Fsp3) is 0.615. The molecule has 1 unspecified atom stereocenters. The summed E-state index contributed by atoms with van der Waals surface area (Å²) in [5.41, 5.74) is 0.920. The van der Waals surface area contributed by atoms with Crippen molar-refractivity contribution in [3.05, 3.63) is 21.9 Å². The van der Waals surface area contributed by atoms with Crippen LogP contribution in [0.3, 0.4) is 0 Å². The molecule has 0 aliphatic carbocycles. The molecule has 18 heavy (non-hydrogen) atoms. The van der Waals surface area contributed by atoms with E-state index in [9.17, 15) is 4.79 Å². The van der Waals surface area contributed by atoms with E-state index in [-0.39, 0.29) is 6.61 Å². The minimum Gasteiger partial charge on any atom is -0.477 e. The predicted octanol–water partition coefficient (Wildman–Crippen LogP) is 2.18. The van der Waals surface area contributed by atoms with Gasteiger partial charge in [-0.2, -0.15) is 0 Å². The van der Waals surface area contributed by atoms with E-state index in [1.54, 1.807) is 0 Å². The third-order valence-electron chi connectivity index (χ3n) is 3.51. The summed E-state index contributed by atoms with van der Waals surface area (Å²) < 4.78 is 0. The molecule has 2 N–H and O–H groups in total. The average molecular weight is 269 g/mol. The van der Waals surface area contributed by atoms with E-state index >= 15 is 0 Å². The van der Waals surface area contributed by atoms with Crippen molar-refractivity contribution >= 4 is 17.3 Å². The molecule has 1 aromatic rings. The first kappa shape index (κ1) is 13.5. The molecule has 0 aromatic carbocycles. The highest BCUT2D eigenvalue weighted by atomic mass is 32.1. The minimum atomic E-state index is -0.828. The number of aromatic carboxylic acids is 1. The third-order valence-corrected chi connectivity index (χ3v) is 4.45. The predicted molar refractivity (Wildman–Crippen MR) is 71.0 cm³/mol. The number of carbonyl (C=O) groups is 1. The van der Waals surface area contributed by atoms with Gasteiger partial charge in [0.05, 0.1) is 0 Å². The van der Waals surface area contributed by atoms with Gasteiger partial charge >= 0.3 is 5.97 Å². The Bertz CT molecular complexity index is 405. The average Bonchev–Trinajstić information content (AvgIpc) is 2.96. The van der Waals surface area contributed by atoms with Crippen LogP contribution in [0.1, 0.15) is 40.9 Å². The lowest BCUT2D eigenvalue weighted by molar-refractivity contribution is 0.0699. The molecule has 1 saturated heterocycles. The molecule has 0 radical (unpaired) electrons. The zero-order chi connectivity index (χ0) is 13.0. The Morgan fingerprint density at radius 2 is 2.39 bits per heavy atom. The van der Waals surface area contributed by atoms with Gasteiger partial charge in [-0.25, -0.2) is 4.79 Å². The molecule has 0 amide bonds. The molecule has 0 bridgehead atoms. The van der Waals surface area contributed by atoms with E-state index in [1.165, 1.54) is 17.8 Å². The Kier molecular flexibility index (Phi) is 4.74. The highest BCUT2D eigenvalue weighted by Crippen LogP contribution is 2.26. The van der Waals surface area contributed by atoms with E-state index in [4.69, 9.17) is 10.2 Å². The highest BCUT2D eigenvalue weighted by Gasteiger charge is 2.25. The summed E-state index contributed by atoms with van der Waals surface area (Å²) in [6.07, 6.45) is 4.16. The van der Waals surface area contributed by atoms with Gasteiger partial charge in [0.1, 0.15) is 4.88 Å². The van der Waals surface area contributed by atoms with Crippen molar-refractivity contribution in [3.63, 3.8) is 0 Å². The Morgan fingerprint density at radius 1 is 1.56 bits per heavy atom. The van der Waals surface area contributed by atoms with Gasteiger partial charge in [-0.3, -0.25) is 4.90 Å². The number of aliphatic hydroxyl groups excluding tert-OH is 1. The van der Waals surface area contributed by atoms with Crippen molar-refractivity contribution in [2.75, 3.05) is 13.2 Å². The summed E-state index contributed by atoms with van der Waals surface area (Å²) in [6.45, 7) is 2.00. The van der Waals surface area contributed by atoms with E-state index in [1.807, 2.05) is 11.4 Å². The zero-order valence-electron chi connectivity index (χ0n) is 10.3. The smallest absolute Gasteiger partial charge is 0.346 e. The van der Waals surface area contributed by atoms with Crippen LogP contribution in [0.4, 0.5) is 0 Å². The van der Waals surface area contributed by atoms with Crippen molar-refractivity contribution in [1.82, 2.24) is 4.90 Å². The van der Waals surface area contributed by atoms with Gasteiger partial charge < -0.3 is 10.2 Å². The van der Waals surface area contributed by atoms with Crippen LogP contribution in [-0.4, -0.2) is 40.3 Å². The quantitative estimate of drug-likeness (QED) is 0.831. The van der Waals surface area contributed by atoms with Crippen LogP contribution in [0, 0.1) is 0 Å². The Balaban J connectivity index is 1.99. The van der Waals surface area contributed by atoms with Crippen molar-refractivity contribution in [1.29, 1.82) is 0 Å². The number of likely N-dealkylation sites (tertiary alicyclic amines) is 1. The molecule has 1 aliphatic heterocycles. The maximum absolute atomic E-state index is 11.1. The lowest BCUT2D eigenvalue weighted by Crippen LogP contribution is -2.29. The topological polar surface area (TPSA) is 60.8 Å². The standard InChI is InChI=1S/C13H19NO3S/c15-7-2-4-11-3-1-6-14(11)9-10-5-8-18-12(10)13(16)17/h5,8,11,15H,1-4,6-7,9H2,(H,16,17). The molecule has 1 aromatic heterocycles. The summed E-state index contributed by atoms with van der Waals surface area (Å²) in [4.78, 5) is 13.9. The third kappa shape index (κ3) is 3.10. The monoisotopic (exact) mass is 269 g/mol. The minimum absolute atomic E-state index is 0.239. The largest absolute Gasteiger partial charge is 0.477 e. The van der Waals surface area contributed by atoms with Crippen LogP contribution in [0.5, 0.6) is 0 Å². The summed E-state index contributed by atoms with van der Waals surface area (Å²) >= 11 is 1.29. The van der Waals surface area contributed by atoms with E-state index in [0.717, 1.165) is 37.9 Å². The second-order valence-corrected chi connectivity index (χ2v) is 5.63. The molecular formula is C13H19NO3S. The van der Waals surface area contributed by atoms with Gasteiger partial charge in [0.15, 0.2) is 0 Å². The molecule has 1 fully saturated rings. The number of carboxylic acids is 1. The Labute approximate surface area is 111 Å². The van der Waals surface area contributed by atoms with Crippen LogP contribution >= 0.6 is 11.3 Å². The maximum atomic E-state index is 11.1. The summed E-state index contributed by atoms with van der Waals surface area (Å²) in [6, 6.07) is 2.41. The number of nitrogens with zero attached hydrogens (tertiary/aromatic N) is 1. The first-order valence-corrected chi connectivity index (χ1v) is 7.25. The van der Waals surface area contributed by atoms with E-state index in [2.05, 4.69) is 4.90 Å². The highest BCUT2D eigenvalue weighted by molar-refractivity contribution is 7.12. The lowest BCUT2D eigenvalue weighted by Gasteiger charge is -2.24. The van der Waals surface area contributed by atoms with Gasteiger partial charge in [-0.05, 0) is 49.2 Å². The van der Waals surface area contributed by atoms with Crippen LogP contribution < -0.4 is 0 Å². The van der Waals surface area contributed by atoms with Crippen molar-refractivity contribution in [3.8, 4) is 0 Å². The van der Waals surface area contributed by atoms with Gasteiger partial charge in [0.2, 0.25) is 0 Å².